The number of halogens is 6. The van der Waals surface area contributed by atoms with E-state index in [0.29, 0.717) is 12.1 Å². The maximum Gasteiger partial charge on any atom is 0.416 e. The molecule has 6 heteroatoms. The lowest BCUT2D eigenvalue weighted by atomic mass is 9.98. The van der Waals surface area contributed by atoms with Crippen LogP contribution in [-0.2, 0) is 18.8 Å². The monoisotopic (exact) mass is 242 g/mol. The second kappa shape index (κ2) is 3.99. The zero-order valence-electron chi connectivity index (χ0n) is 8.21. The van der Waals surface area contributed by atoms with Gasteiger partial charge in [0.25, 0.3) is 0 Å². The Kier molecular flexibility index (Phi) is 3.21. The number of hydrogen-bond acceptors (Lipinski definition) is 0. The highest BCUT2D eigenvalue weighted by molar-refractivity contribution is 5.38. The Balaban J connectivity index is 3.45. The van der Waals surface area contributed by atoms with Crippen LogP contribution >= 0.6 is 0 Å². The summed E-state index contributed by atoms with van der Waals surface area (Å²) >= 11 is 0. The zero-order valence-corrected chi connectivity index (χ0v) is 8.21. The van der Waals surface area contributed by atoms with Gasteiger partial charge in [0.15, 0.2) is 0 Å². The molecule has 0 aliphatic rings. The highest BCUT2D eigenvalue weighted by Crippen LogP contribution is 2.39. The molecule has 1 aromatic carbocycles. The normalized spacial score (nSPS) is 12.9. The number of benzene rings is 1. The molecule has 0 N–H and O–H groups in total. The third kappa shape index (κ3) is 2.48. The van der Waals surface area contributed by atoms with Crippen LogP contribution in [0.25, 0.3) is 0 Å². The van der Waals surface area contributed by atoms with Crippen LogP contribution in [0.15, 0.2) is 18.2 Å². The van der Waals surface area contributed by atoms with Crippen LogP contribution < -0.4 is 0 Å². The van der Waals surface area contributed by atoms with Gasteiger partial charge < -0.3 is 0 Å². The van der Waals surface area contributed by atoms with E-state index >= 15 is 0 Å². The average molecular weight is 242 g/mol. The standard InChI is InChI=1S/C10H8F6/c1-2-6-7(9(11,12)13)4-3-5-8(6)10(14,15)16/h3-5H,2H2,1H3. The van der Waals surface area contributed by atoms with E-state index in [9.17, 15) is 26.3 Å². The molecule has 16 heavy (non-hydrogen) atoms. The average Bonchev–Trinajstić information content (AvgIpc) is 2.13. The maximum atomic E-state index is 12.4. The van der Waals surface area contributed by atoms with Gasteiger partial charge in [-0.2, -0.15) is 26.3 Å². The molecule has 0 atom stereocenters. The molecule has 1 rings (SSSR count). The molecule has 0 aromatic heterocycles. The van der Waals surface area contributed by atoms with Gasteiger partial charge in [-0.1, -0.05) is 13.0 Å². The van der Waals surface area contributed by atoms with E-state index in [1.54, 1.807) is 0 Å². The topological polar surface area (TPSA) is 0 Å². The lowest BCUT2D eigenvalue weighted by Crippen LogP contribution is -2.15. The van der Waals surface area contributed by atoms with E-state index in [2.05, 4.69) is 0 Å². The summed E-state index contributed by atoms with van der Waals surface area (Å²) in [5, 5.41) is 0. The van der Waals surface area contributed by atoms with E-state index in [0.717, 1.165) is 6.07 Å². The van der Waals surface area contributed by atoms with Gasteiger partial charge in [0.1, 0.15) is 0 Å². The first-order valence-corrected chi connectivity index (χ1v) is 4.44. The Morgan fingerprint density at radius 2 is 1.25 bits per heavy atom. The van der Waals surface area contributed by atoms with Crippen LogP contribution in [0.3, 0.4) is 0 Å². The summed E-state index contributed by atoms with van der Waals surface area (Å²) in [6.07, 6.45) is -9.83. The minimum absolute atomic E-state index is 0.315. The Labute approximate surface area is 87.9 Å². The third-order valence-corrected chi connectivity index (χ3v) is 2.14. The van der Waals surface area contributed by atoms with Crippen molar-refractivity contribution in [1.29, 1.82) is 0 Å². The van der Waals surface area contributed by atoms with Crippen molar-refractivity contribution in [1.82, 2.24) is 0 Å². The quantitative estimate of drug-likeness (QED) is 0.644. The van der Waals surface area contributed by atoms with Crippen molar-refractivity contribution in [3.63, 3.8) is 0 Å². The van der Waals surface area contributed by atoms with Crippen molar-refractivity contribution in [2.45, 2.75) is 25.7 Å². The minimum atomic E-state index is -4.76. The molecule has 0 unspecified atom stereocenters. The Hall–Kier alpha value is -1.20. The first-order chi connectivity index (χ1) is 7.18. The first kappa shape index (κ1) is 12.9. The van der Waals surface area contributed by atoms with E-state index < -0.39 is 29.0 Å². The highest BCUT2D eigenvalue weighted by Gasteiger charge is 2.39. The van der Waals surface area contributed by atoms with Gasteiger partial charge in [0.2, 0.25) is 0 Å². The van der Waals surface area contributed by atoms with Gasteiger partial charge in [-0.05, 0) is 24.1 Å². The van der Waals surface area contributed by atoms with Crippen molar-refractivity contribution in [3.8, 4) is 0 Å². The lowest BCUT2D eigenvalue weighted by molar-refractivity contribution is -0.144. The Morgan fingerprint density at radius 1 is 0.875 bits per heavy atom. The largest absolute Gasteiger partial charge is 0.416 e. The predicted octanol–water partition coefficient (Wildman–Crippen LogP) is 4.29. The van der Waals surface area contributed by atoms with Gasteiger partial charge in [-0.3, -0.25) is 0 Å². The molecule has 0 nitrogen and oxygen atoms in total. The van der Waals surface area contributed by atoms with Gasteiger partial charge in [0, 0.05) is 0 Å². The summed E-state index contributed by atoms with van der Waals surface area (Å²) in [5.41, 5.74) is -3.14. The van der Waals surface area contributed by atoms with Crippen molar-refractivity contribution >= 4 is 0 Å². The molecule has 0 radical (unpaired) electrons. The van der Waals surface area contributed by atoms with Crippen LogP contribution in [0.1, 0.15) is 23.6 Å². The molecule has 1 aromatic rings. The van der Waals surface area contributed by atoms with Gasteiger partial charge in [-0.15, -0.1) is 0 Å². The maximum absolute atomic E-state index is 12.4. The summed E-state index contributed by atoms with van der Waals surface area (Å²) in [4.78, 5) is 0. The molecular weight excluding hydrogens is 234 g/mol. The summed E-state index contributed by atoms with van der Waals surface area (Å²) in [6, 6.07) is 2.09. The minimum Gasteiger partial charge on any atom is -0.166 e. The summed E-state index contributed by atoms with van der Waals surface area (Å²) in [6.45, 7) is 1.26. The van der Waals surface area contributed by atoms with Crippen molar-refractivity contribution in [2.24, 2.45) is 0 Å². The van der Waals surface area contributed by atoms with Crippen LogP contribution in [0, 0.1) is 0 Å². The molecule has 0 aliphatic carbocycles. The number of hydrogen-bond donors (Lipinski definition) is 0. The molecule has 0 amide bonds. The SMILES string of the molecule is CCc1c(C(F)(F)F)cccc1C(F)(F)F. The fourth-order valence-electron chi connectivity index (χ4n) is 1.50. The molecule has 90 valence electrons. The summed E-state index contributed by atoms with van der Waals surface area (Å²) in [7, 11) is 0. The number of rotatable bonds is 1. The molecule has 0 bridgehead atoms. The lowest BCUT2D eigenvalue weighted by Gasteiger charge is -2.17. The van der Waals surface area contributed by atoms with E-state index in [1.807, 2.05) is 0 Å². The molecular formula is C10H8F6. The van der Waals surface area contributed by atoms with Crippen LogP contribution in [-0.4, -0.2) is 0 Å². The smallest absolute Gasteiger partial charge is 0.166 e. The first-order valence-electron chi connectivity index (χ1n) is 4.44. The van der Waals surface area contributed by atoms with E-state index in [1.165, 1.54) is 6.92 Å². The van der Waals surface area contributed by atoms with Crippen LogP contribution in [0.5, 0.6) is 0 Å². The molecule has 0 saturated heterocycles. The molecule has 0 saturated carbocycles. The predicted molar refractivity (Wildman–Crippen MR) is 45.8 cm³/mol. The second-order valence-electron chi connectivity index (χ2n) is 3.18. The third-order valence-electron chi connectivity index (χ3n) is 2.14. The second-order valence-corrected chi connectivity index (χ2v) is 3.18. The fourth-order valence-corrected chi connectivity index (χ4v) is 1.50. The van der Waals surface area contributed by atoms with Crippen LogP contribution in [0.4, 0.5) is 26.3 Å². The van der Waals surface area contributed by atoms with E-state index in [-0.39, 0.29) is 6.42 Å². The summed E-state index contributed by atoms with van der Waals surface area (Å²) in [5.74, 6) is 0. The molecule has 0 spiro atoms. The van der Waals surface area contributed by atoms with Gasteiger partial charge in [-0.25, -0.2) is 0 Å². The van der Waals surface area contributed by atoms with Crippen molar-refractivity contribution < 1.29 is 26.3 Å². The highest BCUT2D eigenvalue weighted by atomic mass is 19.4. The summed E-state index contributed by atoms with van der Waals surface area (Å²) < 4.78 is 74.6. The molecule has 0 heterocycles. The van der Waals surface area contributed by atoms with Crippen molar-refractivity contribution in [3.05, 3.63) is 34.9 Å². The Bertz CT molecular complexity index is 342. The van der Waals surface area contributed by atoms with Crippen LogP contribution in [0.2, 0.25) is 0 Å². The van der Waals surface area contributed by atoms with Crippen molar-refractivity contribution in [2.75, 3.05) is 0 Å². The fraction of sp³-hybridized carbons (Fsp3) is 0.400. The Morgan fingerprint density at radius 3 is 1.50 bits per heavy atom. The van der Waals surface area contributed by atoms with Gasteiger partial charge in [0.05, 0.1) is 11.1 Å². The number of alkyl halides is 6. The van der Waals surface area contributed by atoms with Gasteiger partial charge >= 0.3 is 12.4 Å². The zero-order chi connectivity index (χ0) is 12.6. The van der Waals surface area contributed by atoms with E-state index in [4.69, 9.17) is 0 Å². The molecule has 0 fully saturated rings. The molecule has 0 aliphatic heterocycles.